The first-order chi connectivity index (χ1) is 10.3. The molecule has 1 aromatic carbocycles. The molecule has 6 nitrogen and oxygen atoms in total. The average molecular weight is 359 g/mol. The number of nitrogens with two attached hydrogens (primary N) is 1. The molecule has 3 N–H and O–H groups in total. The van der Waals surface area contributed by atoms with Crippen LogP contribution in [0.4, 0.5) is 5.82 Å². The van der Waals surface area contributed by atoms with E-state index in [1.807, 2.05) is 0 Å². The van der Waals surface area contributed by atoms with Crippen LogP contribution >= 0.6 is 34.8 Å². The molecule has 3 rings (SSSR count). The van der Waals surface area contributed by atoms with Gasteiger partial charge < -0.3 is 5.73 Å². The maximum absolute atomic E-state index is 12.3. The van der Waals surface area contributed by atoms with Crippen molar-refractivity contribution in [1.82, 2.24) is 9.88 Å². The predicted molar refractivity (Wildman–Crippen MR) is 83.3 cm³/mol. The van der Waals surface area contributed by atoms with Crippen LogP contribution in [0.3, 0.4) is 0 Å². The van der Waals surface area contributed by atoms with E-state index in [1.54, 1.807) is 0 Å². The zero-order valence-electron chi connectivity index (χ0n) is 10.6. The van der Waals surface area contributed by atoms with E-state index in [9.17, 15) is 14.4 Å². The number of amides is 2. The molecule has 1 aromatic heterocycles. The highest BCUT2D eigenvalue weighted by Gasteiger charge is 2.32. The SMILES string of the molecule is Nc1c2c(cc(=O)n1-c1c(Cl)cc(Cl)cc1Cl)C(=O)NC2=O. The zero-order valence-corrected chi connectivity index (χ0v) is 12.9. The van der Waals surface area contributed by atoms with E-state index < -0.39 is 17.4 Å². The number of carbonyl (C=O) groups excluding carboxylic acids is 2. The molecule has 1 aliphatic rings. The molecule has 0 unspecified atom stereocenters. The van der Waals surface area contributed by atoms with Crippen LogP contribution in [0.25, 0.3) is 5.69 Å². The molecule has 0 radical (unpaired) electrons. The third-order valence-corrected chi connectivity index (χ3v) is 3.95. The summed E-state index contributed by atoms with van der Waals surface area (Å²) in [6.07, 6.45) is 0. The van der Waals surface area contributed by atoms with Gasteiger partial charge in [0.1, 0.15) is 5.82 Å². The highest BCUT2D eigenvalue weighted by Crippen LogP contribution is 2.34. The third-order valence-electron chi connectivity index (χ3n) is 3.16. The topological polar surface area (TPSA) is 94.2 Å². The van der Waals surface area contributed by atoms with Crippen molar-refractivity contribution in [3.8, 4) is 5.69 Å². The Balaban J connectivity index is 2.40. The van der Waals surface area contributed by atoms with Crippen LogP contribution in [0.1, 0.15) is 20.7 Å². The van der Waals surface area contributed by atoms with Crippen molar-refractivity contribution in [2.45, 2.75) is 0 Å². The normalized spacial score (nSPS) is 13.2. The smallest absolute Gasteiger partial charge is 0.262 e. The van der Waals surface area contributed by atoms with Crippen LogP contribution in [0, 0.1) is 0 Å². The molecule has 112 valence electrons. The highest BCUT2D eigenvalue weighted by atomic mass is 35.5. The Hall–Kier alpha value is -2.02. The Kier molecular flexibility index (Phi) is 3.40. The van der Waals surface area contributed by atoms with Crippen molar-refractivity contribution >= 4 is 52.4 Å². The maximum Gasteiger partial charge on any atom is 0.262 e. The first-order valence-corrected chi connectivity index (χ1v) is 7.00. The molecule has 2 heterocycles. The van der Waals surface area contributed by atoms with Crippen LogP contribution in [-0.4, -0.2) is 16.4 Å². The number of hydrogen-bond donors (Lipinski definition) is 2. The molecule has 0 bridgehead atoms. The second kappa shape index (κ2) is 5.01. The fourth-order valence-electron chi connectivity index (χ4n) is 2.26. The third kappa shape index (κ3) is 2.08. The van der Waals surface area contributed by atoms with Gasteiger partial charge in [0.25, 0.3) is 17.4 Å². The van der Waals surface area contributed by atoms with Gasteiger partial charge in [-0.15, -0.1) is 0 Å². The van der Waals surface area contributed by atoms with Gasteiger partial charge in [-0.3, -0.25) is 24.3 Å². The zero-order chi connectivity index (χ0) is 16.2. The summed E-state index contributed by atoms with van der Waals surface area (Å²) in [6, 6.07) is 3.77. The second-order valence-corrected chi connectivity index (χ2v) is 5.74. The first kappa shape index (κ1) is 14.9. The lowest BCUT2D eigenvalue weighted by Gasteiger charge is -2.15. The quantitative estimate of drug-likeness (QED) is 0.765. The molecule has 0 aliphatic carbocycles. The van der Waals surface area contributed by atoms with Crippen LogP contribution < -0.4 is 16.6 Å². The van der Waals surface area contributed by atoms with Gasteiger partial charge in [-0.2, -0.15) is 0 Å². The lowest BCUT2D eigenvalue weighted by molar-refractivity contribution is 0.0880. The molecule has 0 fully saturated rings. The van der Waals surface area contributed by atoms with E-state index in [2.05, 4.69) is 5.32 Å². The average Bonchev–Trinajstić information content (AvgIpc) is 2.67. The Labute approximate surface area is 138 Å². The Morgan fingerprint density at radius 2 is 1.55 bits per heavy atom. The van der Waals surface area contributed by atoms with Crippen LogP contribution in [-0.2, 0) is 0 Å². The number of nitrogens with one attached hydrogen (secondary N) is 1. The molecule has 0 saturated heterocycles. The number of pyridine rings is 1. The number of hydrogen-bond acceptors (Lipinski definition) is 4. The summed E-state index contributed by atoms with van der Waals surface area (Å²) >= 11 is 18.0. The van der Waals surface area contributed by atoms with Crippen LogP contribution in [0.5, 0.6) is 0 Å². The van der Waals surface area contributed by atoms with Gasteiger partial charge in [0.2, 0.25) is 0 Å². The minimum atomic E-state index is -0.688. The molecule has 2 aromatic rings. The summed E-state index contributed by atoms with van der Waals surface area (Å²) in [5.74, 6) is -1.59. The number of imide groups is 1. The summed E-state index contributed by atoms with van der Waals surface area (Å²) in [4.78, 5) is 35.7. The van der Waals surface area contributed by atoms with Gasteiger partial charge in [0.05, 0.1) is 26.9 Å². The van der Waals surface area contributed by atoms with Gasteiger partial charge in [-0.1, -0.05) is 34.8 Å². The van der Waals surface area contributed by atoms with Crippen molar-refractivity contribution in [3.63, 3.8) is 0 Å². The molecule has 0 spiro atoms. The van der Waals surface area contributed by atoms with Gasteiger partial charge in [0.15, 0.2) is 0 Å². The number of halogens is 3. The fourth-order valence-corrected chi connectivity index (χ4v) is 3.24. The van der Waals surface area contributed by atoms with E-state index >= 15 is 0 Å². The fraction of sp³-hybridized carbons (Fsp3) is 0. The van der Waals surface area contributed by atoms with Crippen molar-refractivity contribution in [1.29, 1.82) is 0 Å². The number of rotatable bonds is 1. The van der Waals surface area contributed by atoms with E-state index in [-0.39, 0.29) is 37.7 Å². The number of carbonyl (C=O) groups is 2. The number of aromatic nitrogens is 1. The van der Waals surface area contributed by atoms with Crippen molar-refractivity contribution in [2.75, 3.05) is 5.73 Å². The summed E-state index contributed by atoms with van der Waals surface area (Å²) in [7, 11) is 0. The van der Waals surface area contributed by atoms with Crippen molar-refractivity contribution in [2.24, 2.45) is 0 Å². The highest BCUT2D eigenvalue weighted by molar-refractivity contribution is 6.40. The number of nitrogen functional groups attached to an aromatic ring is 1. The summed E-state index contributed by atoms with van der Waals surface area (Å²) in [5.41, 5.74) is 5.17. The lowest BCUT2D eigenvalue weighted by Crippen LogP contribution is -2.24. The van der Waals surface area contributed by atoms with E-state index in [0.29, 0.717) is 0 Å². The van der Waals surface area contributed by atoms with Crippen molar-refractivity contribution in [3.05, 3.63) is 54.7 Å². The van der Waals surface area contributed by atoms with Gasteiger partial charge in [0, 0.05) is 11.1 Å². The molecule has 1 aliphatic heterocycles. The molecular formula is C13H6Cl3N3O3. The number of benzene rings is 1. The molecule has 22 heavy (non-hydrogen) atoms. The van der Waals surface area contributed by atoms with E-state index in [4.69, 9.17) is 40.5 Å². The maximum atomic E-state index is 12.3. The Bertz CT molecular complexity index is 898. The number of fused-ring (bicyclic) bond motifs is 1. The molecule has 2 amide bonds. The largest absolute Gasteiger partial charge is 0.384 e. The monoisotopic (exact) mass is 357 g/mol. The molecular weight excluding hydrogens is 353 g/mol. The standard InChI is InChI=1S/C13H6Cl3N3O3/c14-4-1-6(15)10(7(16)2-4)19-8(20)3-5-9(11(19)17)13(22)18-12(5)21/h1-3H,17H2,(H,18,21,22). The Morgan fingerprint density at radius 1 is 0.955 bits per heavy atom. The lowest BCUT2D eigenvalue weighted by atomic mass is 10.1. The number of anilines is 1. The minimum Gasteiger partial charge on any atom is -0.384 e. The molecule has 9 heteroatoms. The predicted octanol–water partition coefficient (Wildman–Crippen LogP) is 2.26. The first-order valence-electron chi connectivity index (χ1n) is 5.87. The van der Waals surface area contributed by atoms with Crippen LogP contribution in [0.15, 0.2) is 23.0 Å². The van der Waals surface area contributed by atoms with Crippen LogP contribution in [0.2, 0.25) is 15.1 Å². The summed E-state index contributed by atoms with van der Waals surface area (Å²) < 4.78 is 0.970. The Morgan fingerprint density at radius 3 is 2.14 bits per heavy atom. The summed E-state index contributed by atoms with van der Waals surface area (Å²) in [5, 5.41) is 2.51. The van der Waals surface area contributed by atoms with E-state index in [0.717, 1.165) is 10.6 Å². The van der Waals surface area contributed by atoms with Gasteiger partial charge >= 0.3 is 0 Å². The molecule has 0 saturated carbocycles. The second-order valence-electron chi connectivity index (χ2n) is 4.49. The van der Waals surface area contributed by atoms with E-state index in [1.165, 1.54) is 12.1 Å². The van der Waals surface area contributed by atoms with Crippen molar-refractivity contribution < 1.29 is 9.59 Å². The van der Waals surface area contributed by atoms with Gasteiger partial charge in [-0.25, -0.2) is 0 Å². The van der Waals surface area contributed by atoms with Gasteiger partial charge in [-0.05, 0) is 12.1 Å². The summed E-state index contributed by atoms with van der Waals surface area (Å²) in [6.45, 7) is 0. The minimum absolute atomic E-state index is 0.0787. The number of nitrogens with zero attached hydrogens (tertiary/aromatic N) is 1. The molecule has 0 atom stereocenters.